The fourth-order valence-corrected chi connectivity index (χ4v) is 1.86. The van der Waals surface area contributed by atoms with E-state index in [-0.39, 0.29) is 5.82 Å². The van der Waals surface area contributed by atoms with Crippen molar-refractivity contribution in [1.82, 2.24) is 10.3 Å². The first-order chi connectivity index (χ1) is 9.22. The molecule has 2 rings (SSSR count). The number of halogens is 1. The molecule has 19 heavy (non-hydrogen) atoms. The van der Waals surface area contributed by atoms with E-state index in [4.69, 9.17) is 4.42 Å². The van der Waals surface area contributed by atoms with Gasteiger partial charge in [-0.15, -0.1) is 0 Å². The number of pyridine rings is 1. The summed E-state index contributed by atoms with van der Waals surface area (Å²) in [5.74, 6) is 0.0889. The summed E-state index contributed by atoms with van der Waals surface area (Å²) in [4.78, 5) is 5.89. The summed E-state index contributed by atoms with van der Waals surface area (Å²) in [7, 11) is 1.81. The number of anilines is 1. The zero-order valence-electron chi connectivity index (χ0n) is 11.2. The maximum absolute atomic E-state index is 14.3. The first kappa shape index (κ1) is 13.5. The Kier molecular flexibility index (Phi) is 4.52. The summed E-state index contributed by atoms with van der Waals surface area (Å²) in [6.07, 6.45) is 4.89. The maximum Gasteiger partial charge on any atom is 0.170 e. The molecule has 2 heterocycles. The van der Waals surface area contributed by atoms with Crippen LogP contribution in [0.2, 0.25) is 0 Å². The minimum Gasteiger partial charge on any atom is -0.472 e. The van der Waals surface area contributed by atoms with Crippen molar-refractivity contribution in [3.8, 4) is 0 Å². The van der Waals surface area contributed by atoms with Crippen LogP contribution in [0.15, 0.2) is 35.3 Å². The van der Waals surface area contributed by atoms with Gasteiger partial charge in [-0.3, -0.25) is 0 Å². The van der Waals surface area contributed by atoms with Crippen LogP contribution in [0.3, 0.4) is 0 Å². The lowest BCUT2D eigenvalue weighted by atomic mass is 10.2. The summed E-state index contributed by atoms with van der Waals surface area (Å²) in [6.45, 7) is 3.87. The molecule has 1 N–H and O–H groups in total. The van der Waals surface area contributed by atoms with Crippen molar-refractivity contribution >= 4 is 5.82 Å². The van der Waals surface area contributed by atoms with Gasteiger partial charge in [0.05, 0.1) is 12.5 Å². The summed E-state index contributed by atoms with van der Waals surface area (Å²) in [6, 6.07) is 3.56. The third-order valence-corrected chi connectivity index (χ3v) is 2.88. The van der Waals surface area contributed by atoms with E-state index >= 15 is 0 Å². The van der Waals surface area contributed by atoms with Gasteiger partial charge in [-0.05, 0) is 18.7 Å². The number of nitrogens with one attached hydrogen (secondary N) is 1. The number of nitrogens with zero attached hydrogens (tertiary/aromatic N) is 2. The molecular weight excluding hydrogens is 245 g/mol. The Bertz CT molecular complexity index is 513. The second kappa shape index (κ2) is 6.33. The average molecular weight is 263 g/mol. The molecule has 4 nitrogen and oxygen atoms in total. The highest BCUT2D eigenvalue weighted by Gasteiger charge is 2.13. The number of aromatic nitrogens is 1. The van der Waals surface area contributed by atoms with Crippen LogP contribution in [0.25, 0.3) is 0 Å². The van der Waals surface area contributed by atoms with E-state index < -0.39 is 0 Å². The van der Waals surface area contributed by atoms with E-state index in [1.54, 1.807) is 29.7 Å². The first-order valence-electron chi connectivity index (χ1n) is 6.28. The normalized spacial score (nSPS) is 10.7. The molecule has 0 aliphatic rings. The molecule has 2 aromatic rings. The molecule has 0 amide bonds. The van der Waals surface area contributed by atoms with Crippen molar-refractivity contribution in [2.75, 3.05) is 18.5 Å². The Hall–Kier alpha value is -1.88. The van der Waals surface area contributed by atoms with Gasteiger partial charge in [-0.2, -0.15) is 0 Å². The minimum absolute atomic E-state index is 0.269. The molecule has 0 radical (unpaired) electrons. The Morgan fingerprint density at radius 1 is 1.42 bits per heavy atom. The van der Waals surface area contributed by atoms with Crippen molar-refractivity contribution in [2.45, 2.75) is 20.0 Å². The van der Waals surface area contributed by atoms with Crippen molar-refractivity contribution < 1.29 is 8.81 Å². The van der Waals surface area contributed by atoms with E-state index in [1.165, 1.54) is 0 Å². The number of furan rings is 1. The van der Waals surface area contributed by atoms with Crippen LogP contribution in [0.5, 0.6) is 0 Å². The zero-order valence-corrected chi connectivity index (χ0v) is 11.2. The largest absolute Gasteiger partial charge is 0.472 e. The summed E-state index contributed by atoms with van der Waals surface area (Å²) in [5, 5.41) is 3.12. The fourth-order valence-electron chi connectivity index (χ4n) is 1.86. The van der Waals surface area contributed by atoms with Gasteiger partial charge in [0.15, 0.2) is 11.6 Å². The van der Waals surface area contributed by atoms with Gasteiger partial charge in [0.2, 0.25) is 0 Å². The molecule has 0 bridgehead atoms. The Balaban J connectivity index is 2.14. The molecule has 0 saturated carbocycles. The highest BCUT2D eigenvalue weighted by Crippen LogP contribution is 2.20. The van der Waals surface area contributed by atoms with Crippen molar-refractivity contribution in [1.29, 1.82) is 0 Å². The van der Waals surface area contributed by atoms with Gasteiger partial charge in [-0.25, -0.2) is 9.37 Å². The first-order valence-corrected chi connectivity index (χ1v) is 6.28. The topological polar surface area (TPSA) is 41.3 Å². The number of rotatable bonds is 6. The molecule has 0 fully saturated rings. The number of hydrogen-bond donors (Lipinski definition) is 1. The predicted molar refractivity (Wildman–Crippen MR) is 72.4 cm³/mol. The van der Waals surface area contributed by atoms with E-state index in [9.17, 15) is 4.39 Å². The summed E-state index contributed by atoms with van der Waals surface area (Å²) >= 11 is 0. The van der Waals surface area contributed by atoms with Crippen LogP contribution in [-0.2, 0) is 13.1 Å². The van der Waals surface area contributed by atoms with E-state index in [1.807, 2.05) is 20.0 Å². The molecular formula is C14H18FN3O. The second-order valence-corrected chi connectivity index (χ2v) is 4.38. The third kappa shape index (κ3) is 3.32. The number of hydrogen-bond acceptors (Lipinski definition) is 4. The Morgan fingerprint density at radius 2 is 2.26 bits per heavy atom. The predicted octanol–water partition coefficient (Wildman–Crippen LogP) is 2.56. The lowest BCUT2D eigenvalue weighted by molar-refractivity contribution is 0.562. The fraction of sp³-hybridized carbons (Fsp3) is 0.357. The molecule has 0 saturated heterocycles. The van der Waals surface area contributed by atoms with Crippen LogP contribution >= 0.6 is 0 Å². The van der Waals surface area contributed by atoms with Crippen LogP contribution in [0.1, 0.15) is 18.1 Å². The quantitative estimate of drug-likeness (QED) is 0.869. The molecule has 2 aromatic heterocycles. The van der Waals surface area contributed by atoms with Gasteiger partial charge in [-0.1, -0.05) is 6.92 Å². The minimum atomic E-state index is -0.269. The summed E-state index contributed by atoms with van der Waals surface area (Å²) in [5.41, 5.74) is 1.62. The molecule has 0 spiro atoms. The molecule has 0 aliphatic heterocycles. The Labute approximate surface area is 112 Å². The molecule has 0 atom stereocenters. The smallest absolute Gasteiger partial charge is 0.170 e. The molecule has 0 aliphatic carbocycles. The van der Waals surface area contributed by atoms with Crippen molar-refractivity contribution in [3.05, 3.63) is 47.8 Å². The van der Waals surface area contributed by atoms with Gasteiger partial charge in [0, 0.05) is 37.5 Å². The van der Waals surface area contributed by atoms with Gasteiger partial charge in [0.25, 0.3) is 0 Å². The van der Waals surface area contributed by atoms with E-state index in [2.05, 4.69) is 10.3 Å². The molecule has 0 unspecified atom stereocenters. The van der Waals surface area contributed by atoms with E-state index in [0.717, 1.165) is 12.1 Å². The Morgan fingerprint density at radius 3 is 2.95 bits per heavy atom. The van der Waals surface area contributed by atoms with Crippen LogP contribution in [-0.4, -0.2) is 18.6 Å². The van der Waals surface area contributed by atoms with Crippen LogP contribution < -0.4 is 10.2 Å². The van der Waals surface area contributed by atoms with Crippen LogP contribution in [0.4, 0.5) is 10.2 Å². The highest BCUT2D eigenvalue weighted by molar-refractivity contribution is 5.42. The van der Waals surface area contributed by atoms with Gasteiger partial charge in [0.1, 0.15) is 0 Å². The summed E-state index contributed by atoms with van der Waals surface area (Å²) < 4.78 is 19.3. The maximum atomic E-state index is 14.3. The van der Waals surface area contributed by atoms with Gasteiger partial charge >= 0.3 is 0 Å². The average Bonchev–Trinajstić information content (AvgIpc) is 2.90. The second-order valence-electron chi connectivity index (χ2n) is 4.38. The molecule has 0 aromatic carbocycles. The molecule has 102 valence electrons. The van der Waals surface area contributed by atoms with Crippen LogP contribution in [0, 0.1) is 5.82 Å². The highest BCUT2D eigenvalue weighted by atomic mass is 19.1. The van der Waals surface area contributed by atoms with Crippen molar-refractivity contribution in [3.63, 3.8) is 0 Å². The van der Waals surface area contributed by atoms with Crippen molar-refractivity contribution in [2.24, 2.45) is 0 Å². The SMILES string of the molecule is CCNCc1ccnc(N(C)Cc2ccoc2)c1F. The lowest BCUT2D eigenvalue weighted by Crippen LogP contribution is -2.20. The zero-order chi connectivity index (χ0) is 13.7. The lowest BCUT2D eigenvalue weighted by Gasteiger charge is -2.19. The molecule has 5 heteroatoms. The third-order valence-electron chi connectivity index (χ3n) is 2.88. The standard InChI is InChI=1S/C14H18FN3O/c1-3-16-8-12-4-6-17-14(13(12)15)18(2)9-11-5-7-19-10-11/h4-7,10,16H,3,8-9H2,1-2H3. The monoisotopic (exact) mass is 263 g/mol. The van der Waals surface area contributed by atoms with Gasteiger partial charge < -0.3 is 14.6 Å². The van der Waals surface area contributed by atoms with E-state index in [0.29, 0.717) is 24.5 Å².